The van der Waals surface area contributed by atoms with E-state index in [1.54, 1.807) is 0 Å². The van der Waals surface area contributed by atoms with E-state index in [4.69, 9.17) is 9.47 Å². The van der Waals surface area contributed by atoms with Crippen LogP contribution in [0.25, 0.3) is 0 Å². The summed E-state index contributed by atoms with van der Waals surface area (Å²) < 4.78 is 11.9. The van der Waals surface area contributed by atoms with Crippen molar-refractivity contribution in [1.29, 1.82) is 0 Å². The van der Waals surface area contributed by atoms with Crippen LogP contribution in [0.5, 0.6) is 5.75 Å². The van der Waals surface area contributed by atoms with Gasteiger partial charge < -0.3 is 14.8 Å². The lowest BCUT2D eigenvalue weighted by atomic mass is 9.96. The van der Waals surface area contributed by atoms with Crippen molar-refractivity contribution in [1.82, 2.24) is 5.32 Å². The first kappa shape index (κ1) is 16.3. The summed E-state index contributed by atoms with van der Waals surface area (Å²) in [6, 6.07) is 8.68. The first-order chi connectivity index (χ1) is 10.2. The largest absolute Gasteiger partial charge is 0.491 e. The molecule has 2 atom stereocenters. The summed E-state index contributed by atoms with van der Waals surface area (Å²) in [5.41, 5.74) is 1.25. The van der Waals surface area contributed by atoms with Crippen molar-refractivity contribution in [3.05, 3.63) is 29.8 Å². The molecule has 0 radical (unpaired) electrons. The lowest BCUT2D eigenvalue weighted by Gasteiger charge is -2.29. The van der Waals surface area contributed by atoms with Crippen LogP contribution < -0.4 is 10.1 Å². The number of hydrogen-bond acceptors (Lipinski definition) is 3. The van der Waals surface area contributed by atoms with Gasteiger partial charge in [-0.25, -0.2) is 0 Å². The topological polar surface area (TPSA) is 30.5 Å². The molecule has 0 amide bonds. The highest BCUT2D eigenvalue weighted by Gasteiger charge is 2.22. The third-order valence-electron chi connectivity index (χ3n) is 3.88. The SMILES string of the molecule is CCNC(CC1CCCCO1)c1ccccc1OC(C)C. The van der Waals surface area contributed by atoms with E-state index in [0.29, 0.717) is 12.1 Å². The van der Waals surface area contributed by atoms with Gasteiger partial charge in [0.2, 0.25) is 0 Å². The number of nitrogens with one attached hydrogen (secondary N) is 1. The summed E-state index contributed by atoms with van der Waals surface area (Å²) in [6.07, 6.45) is 5.25. The van der Waals surface area contributed by atoms with Crippen LogP contribution in [-0.2, 0) is 4.74 Å². The Morgan fingerprint density at radius 1 is 1.29 bits per heavy atom. The van der Waals surface area contributed by atoms with Gasteiger partial charge in [0.05, 0.1) is 12.2 Å². The predicted octanol–water partition coefficient (Wildman–Crippen LogP) is 4.08. The highest BCUT2D eigenvalue weighted by Crippen LogP contribution is 2.31. The van der Waals surface area contributed by atoms with Gasteiger partial charge in [-0.15, -0.1) is 0 Å². The second kappa shape index (κ2) is 8.40. The van der Waals surface area contributed by atoms with Crippen molar-refractivity contribution >= 4 is 0 Å². The average Bonchev–Trinajstić information content (AvgIpc) is 2.48. The number of hydrogen-bond donors (Lipinski definition) is 1. The van der Waals surface area contributed by atoms with Crippen molar-refractivity contribution in [2.75, 3.05) is 13.2 Å². The normalized spacial score (nSPS) is 20.5. The summed E-state index contributed by atoms with van der Waals surface area (Å²) in [5, 5.41) is 3.60. The molecule has 0 spiro atoms. The van der Waals surface area contributed by atoms with Gasteiger partial charge in [0.1, 0.15) is 5.75 Å². The second-order valence-corrected chi connectivity index (χ2v) is 6.04. The molecule has 1 aliphatic rings. The Morgan fingerprint density at radius 2 is 2.10 bits per heavy atom. The van der Waals surface area contributed by atoms with Crippen LogP contribution in [0.1, 0.15) is 58.1 Å². The van der Waals surface area contributed by atoms with E-state index in [9.17, 15) is 0 Å². The molecule has 0 saturated carbocycles. The molecule has 0 aromatic heterocycles. The average molecular weight is 291 g/mol. The van der Waals surface area contributed by atoms with Gasteiger partial charge in [0, 0.05) is 18.2 Å². The molecule has 2 unspecified atom stereocenters. The van der Waals surface area contributed by atoms with Gasteiger partial charge in [-0.3, -0.25) is 0 Å². The van der Waals surface area contributed by atoms with Crippen molar-refractivity contribution in [2.24, 2.45) is 0 Å². The minimum absolute atomic E-state index is 0.194. The molecule has 0 bridgehead atoms. The van der Waals surface area contributed by atoms with E-state index in [1.165, 1.54) is 24.8 Å². The Bertz CT molecular complexity index is 413. The first-order valence-corrected chi connectivity index (χ1v) is 8.31. The molecule has 2 rings (SSSR count). The molecule has 118 valence electrons. The molecule has 0 aliphatic carbocycles. The molecule has 1 fully saturated rings. The molecule has 1 aliphatic heterocycles. The van der Waals surface area contributed by atoms with E-state index in [2.05, 4.69) is 44.3 Å². The van der Waals surface area contributed by atoms with E-state index < -0.39 is 0 Å². The molecule has 1 heterocycles. The second-order valence-electron chi connectivity index (χ2n) is 6.04. The molecular formula is C18H29NO2. The Morgan fingerprint density at radius 3 is 2.76 bits per heavy atom. The lowest BCUT2D eigenvalue weighted by molar-refractivity contribution is 0.00495. The van der Waals surface area contributed by atoms with Crippen LogP contribution in [0.3, 0.4) is 0 Å². The fraction of sp³-hybridized carbons (Fsp3) is 0.667. The first-order valence-electron chi connectivity index (χ1n) is 8.31. The van der Waals surface area contributed by atoms with Crippen LogP contribution >= 0.6 is 0 Å². The Balaban J connectivity index is 2.12. The maximum absolute atomic E-state index is 5.98. The standard InChI is InChI=1S/C18H29NO2/c1-4-19-17(13-15-9-7-8-12-20-15)16-10-5-6-11-18(16)21-14(2)3/h5-6,10-11,14-15,17,19H,4,7-9,12-13H2,1-3H3. The number of ether oxygens (including phenoxy) is 2. The monoisotopic (exact) mass is 291 g/mol. The van der Waals surface area contributed by atoms with E-state index in [1.807, 2.05) is 6.07 Å². The summed E-state index contributed by atoms with van der Waals surface area (Å²) in [4.78, 5) is 0. The third kappa shape index (κ3) is 5.01. The van der Waals surface area contributed by atoms with Gasteiger partial charge in [0.25, 0.3) is 0 Å². The summed E-state index contributed by atoms with van der Waals surface area (Å²) in [6.45, 7) is 8.16. The summed E-state index contributed by atoms with van der Waals surface area (Å²) in [5.74, 6) is 0.995. The number of para-hydroxylation sites is 1. The van der Waals surface area contributed by atoms with Crippen LogP contribution in [-0.4, -0.2) is 25.4 Å². The molecule has 3 nitrogen and oxygen atoms in total. The van der Waals surface area contributed by atoms with Gasteiger partial charge in [0.15, 0.2) is 0 Å². The van der Waals surface area contributed by atoms with Crippen LogP contribution in [0.4, 0.5) is 0 Å². The molecular weight excluding hydrogens is 262 g/mol. The fourth-order valence-electron chi connectivity index (χ4n) is 2.95. The quantitative estimate of drug-likeness (QED) is 0.821. The van der Waals surface area contributed by atoms with Crippen LogP contribution in [0.2, 0.25) is 0 Å². The maximum Gasteiger partial charge on any atom is 0.124 e. The predicted molar refractivity (Wildman–Crippen MR) is 86.8 cm³/mol. The summed E-state index contributed by atoms with van der Waals surface area (Å²) >= 11 is 0. The van der Waals surface area contributed by atoms with Crippen molar-refractivity contribution in [3.63, 3.8) is 0 Å². The Kier molecular flexibility index (Phi) is 6.52. The highest BCUT2D eigenvalue weighted by atomic mass is 16.5. The fourth-order valence-corrected chi connectivity index (χ4v) is 2.95. The Hall–Kier alpha value is -1.06. The van der Waals surface area contributed by atoms with Gasteiger partial charge in [-0.05, 0) is 52.1 Å². The van der Waals surface area contributed by atoms with Crippen molar-refractivity contribution in [3.8, 4) is 5.75 Å². The third-order valence-corrected chi connectivity index (χ3v) is 3.88. The van der Waals surface area contributed by atoms with E-state index in [-0.39, 0.29) is 6.10 Å². The van der Waals surface area contributed by atoms with Crippen molar-refractivity contribution < 1.29 is 9.47 Å². The molecule has 1 N–H and O–H groups in total. The minimum atomic E-state index is 0.194. The zero-order chi connectivity index (χ0) is 15.1. The maximum atomic E-state index is 5.98. The number of benzene rings is 1. The smallest absolute Gasteiger partial charge is 0.124 e. The Labute approximate surface area is 129 Å². The molecule has 3 heteroatoms. The van der Waals surface area contributed by atoms with Crippen molar-refractivity contribution in [2.45, 2.75) is 64.7 Å². The van der Waals surface area contributed by atoms with Gasteiger partial charge in [-0.1, -0.05) is 25.1 Å². The number of rotatable bonds is 7. The summed E-state index contributed by atoms with van der Waals surface area (Å²) in [7, 11) is 0. The van der Waals surface area contributed by atoms with E-state index in [0.717, 1.165) is 25.3 Å². The van der Waals surface area contributed by atoms with Gasteiger partial charge in [-0.2, -0.15) is 0 Å². The minimum Gasteiger partial charge on any atom is -0.491 e. The van der Waals surface area contributed by atoms with Crippen LogP contribution in [0, 0.1) is 0 Å². The molecule has 1 aromatic carbocycles. The van der Waals surface area contributed by atoms with Gasteiger partial charge >= 0.3 is 0 Å². The van der Waals surface area contributed by atoms with E-state index >= 15 is 0 Å². The molecule has 1 saturated heterocycles. The lowest BCUT2D eigenvalue weighted by Crippen LogP contribution is -2.29. The zero-order valence-electron chi connectivity index (χ0n) is 13.6. The highest BCUT2D eigenvalue weighted by molar-refractivity contribution is 5.36. The molecule has 21 heavy (non-hydrogen) atoms. The van der Waals surface area contributed by atoms with Crippen LogP contribution in [0.15, 0.2) is 24.3 Å². The zero-order valence-corrected chi connectivity index (χ0v) is 13.6. The molecule has 1 aromatic rings.